The van der Waals surface area contributed by atoms with Gasteiger partial charge in [0.2, 0.25) is 15.9 Å². The Kier molecular flexibility index (Phi) is 4.84. The molecule has 1 aromatic rings. The smallest absolute Gasteiger partial charge is 0.227 e. The highest BCUT2D eigenvalue weighted by Gasteiger charge is 2.29. The van der Waals surface area contributed by atoms with Crippen molar-refractivity contribution in [2.24, 2.45) is 0 Å². The minimum absolute atomic E-state index is 0.0638. The highest BCUT2D eigenvalue weighted by Crippen LogP contribution is 2.33. The maximum atomic E-state index is 12.3. The fourth-order valence-electron chi connectivity index (χ4n) is 2.53. The Morgan fingerprint density at radius 3 is 2.76 bits per heavy atom. The van der Waals surface area contributed by atoms with E-state index in [0.29, 0.717) is 0 Å². The third-order valence-corrected chi connectivity index (χ3v) is 4.16. The van der Waals surface area contributed by atoms with Crippen LogP contribution in [0.25, 0.3) is 0 Å². The average Bonchev–Trinajstić information content (AvgIpc) is 2.41. The molecule has 1 amide bonds. The molecule has 0 saturated heterocycles. The van der Waals surface area contributed by atoms with Gasteiger partial charge in [-0.2, -0.15) is 0 Å². The summed E-state index contributed by atoms with van der Waals surface area (Å²) in [6.07, 6.45) is 1.82. The van der Waals surface area contributed by atoms with Crippen LogP contribution in [0.5, 0.6) is 0 Å². The largest absolute Gasteiger partial charge is 0.382 e. The lowest BCUT2D eigenvalue weighted by Gasteiger charge is -2.30. The molecule has 21 heavy (non-hydrogen) atoms. The van der Waals surface area contributed by atoms with Gasteiger partial charge in [0.05, 0.1) is 12.2 Å². The van der Waals surface area contributed by atoms with Crippen molar-refractivity contribution in [1.82, 2.24) is 10.0 Å². The van der Waals surface area contributed by atoms with E-state index in [4.69, 9.17) is 0 Å². The van der Waals surface area contributed by atoms with Gasteiger partial charge in [0.25, 0.3) is 0 Å². The van der Waals surface area contributed by atoms with Crippen LogP contribution in [0.15, 0.2) is 24.3 Å². The molecule has 0 aliphatic carbocycles. The number of fused-ring (bicyclic) bond motifs is 1. The zero-order chi connectivity index (χ0) is 15.5. The Balaban J connectivity index is 1.96. The van der Waals surface area contributed by atoms with E-state index in [1.807, 2.05) is 31.2 Å². The zero-order valence-corrected chi connectivity index (χ0v) is 13.0. The molecule has 0 bridgehead atoms. The number of rotatable bonds is 5. The predicted octanol–water partition coefficient (Wildman–Crippen LogP) is 0.640. The summed E-state index contributed by atoms with van der Waals surface area (Å²) >= 11 is 0. The first-order valence-electron chi connectivity index (χ1n) is 6.94. The van der Waals surface area contributed by atoms with Crippen LogP contribution >= 0.6 is 0 Å². The number of benzene rings is 1. The maximum Gasteiger partial charge on any atom is 0.227 e. The molecule has 2 atom stereocenters. The SMILES string of the molecule is CC1CC(C(=O)NCCNS(C)(=O)=O)c2ccccc2N1. The molecule has 1 aliphatic rings. The van der Waals surface area contributed by atoms with Crippen molar-refractivity contribution >= 4 is 21.6 Å². The van der Waals surface area contributed by atoms with E-state index in [1.54, 1.807) is 0 Å². The minimum Gasteiger partial charge on any atom is -0.382 e. The van der Waals surface area contributed by atoms with Gasteiger partial charge in [-0.1, -0.05) is 18.2 Å². The fraction of sp³-hybridized carbons (Fsp3) is 0.500. The number of nitrogens with one attached hydrogen (secondary N) is 3. The molecule has 2 unspecified atom stereocenters. The summed E-state index contributed by atoms with van der Waals surface area (Å²) in [6.45, 7) is 2.53. The third-order valence-electron chi connectivity index (χ3n) is 3.43. The predicted molar refractivity (Wildman–Crippen MR) is 82.7 cm³/mol. The summed E-state index contributed by atoms with van der Waals surface area (Å²) in [4.78, 5) is 12.3. The van der Waals surface area contributed by atoms with E-state index in [0.717, 1.165) is 23.9 Å². The molecule has 1 aromatic carbocycles. The van der Waals surface area contributed by atoms with Crippen molar-refractivity contribution in [3.8, 4) is 0 Å². The standard InChI is InChI=1S/C14H21N3O3S/c1-10-9-12(11-5-3-4-6-13(11)17-10)14(18)15-7-8-16-21(2,19)20/h3-6,10,12,16-17H,7-9H2,1-2H3,(H,15,18). The van der Waals surface area contributed by atoms with Gasteiger partial charge in [0.15, 0.2) is 0 Å². The molecule has 0 spiro atoms. The molecule has 0 radical (unpaired) electrons. The zero-order valence-electron chi connectivity index (χ0n) is 12.2. The summed E-state index contributed by atoms with van der Waals surface area (Å²) in [5, 5.41) is 6.15. The lowest BCUT2D eigenvalue weighted by molar-refractivity contribution is -0.122. The van der Waals surface area contributed by atoms with Gasteiger partial charge in [-0.3, -0.25) is 4.79 Å². The first-order chi connectivity index (χ1) is 9.87. The number of sulfonamides is 1. The molecular formula is C14H21N3O3S. The van der Waals surface area contributed by atoms with Crippen molar-refractivity contribution in [3.63, 3.8) is 0 Å². The average molecular weight is 311 g/mol. The Hall–Kier alpha value is -1.60. The third kappa shape index (κ3) is 4.44. The highest BCUT2D eigenvalue weighted by molar-refractivity contribution is 7.88. The number of amides is 1. The number of carbonyl (C=O) groups is 1. The maximum absolute atomic E-state index is 12.3. The van der Waals surface area contributed by atoms with Crippen LogP contribution in [0.4, 0.5) is 5.69 Å². The second-order valence-corrected chi connectivity index (χ2v) is 7.21. The van der Waals surface area contributed by atoms with Crippen molar-refractivity contribution in [3.05, 3.63) is 29.8 Å². The van der Waals surface area contributed by atoms with E-state index in [9.17, 15) is 13.2 Å². The molecule has 0 saturated carbocycles. The first kappa shape index (κ1) is 15.8. The lowest BCUT2D eigenvalue weighted by Crippen LogP contribution is -2.39. The van der Waals surface area contributed by atoms with Crippen molar-refractivity contribution in [1.29, 1.82) is 0 Å². The number of hydrogen-bond acceptors (Lipinski definition) is 4. The summed E-state index contributed by atoms with van der Waals surface area (Å²) in [7, 11) is -3.22. The van der Waals surface area contributed by atoms with Gasteiger partial charge < -0.3 is 10.6 Å². The topological polar surface area (TPSA) is 87.3 Å². The van der Waals surface area contributed by atoms with E-state index < -0.39 is 10.0 Å². The molecule has 116 valence electrons. The Labute approximate surface area is 125 Å². The van der Waals surface area contributed by atoms with Crippen molar-refractivity contribution in [2.75, 3.05) is 24.7 Å². The van der Waals surface area contributed by atoms with Crippen LogP contribution in [0, 0.1) is 0 Å². The van der Waals surface area contributed by atoms with Crippen LogP contribution in [0.2, 0.25) is 0 Å². The van der Waals surface area contributed by atoms with Gasteiger partial charge in [-0.25, -0.2) is 13.1 Å². The van der Waals surface area contributed by atoms with E-state index in [-0.39, 0.29) is 31.0 Å². The highest BCUT2D eigenvalue weighted by atomic mass is 32.2. The van der Waals surface area contributed by atoms with Crippen LogP contribution < -0.4 is 15.4 Å². The number of anilines is 1. The van der Waals surface area contributed by atoms with Crippen LogP contribution in [0.3, 0.4) is 0 Å². The van der Waals surface area contributed by atoms with Crippen LogP contribution in [-0.4, -0.2) is 39.7 Å². The van der Waals surface area contributed by atoms with Crippen LogP contribution in [0.1, 0.15) is 24.8 Å². The van der Waals surface area contributed by atoms with Gasteiger partial charge >= 0.3 is 0 Å². The number of carbonyl (C=O) groups excluding carboxylic acids is 1. The summed E-state index contributed by atoms with van der Waals surface area (Å²) in [6, 6.07) is 8.00. The van der Waals surface area contributed by atoms with E-state index in [2.05, 4.69) is 15.4 Å². The van der Waals surface area contributed by atoms with E-state index in [1.165, 1.54) is 0 Å². The quantitative estimate of drug-likeness (QED) is 0.697. The molecule has 3 N–H and O–H groups in total. The molecular weight excluding hydrogens is 290 g/mol. The second kappa shape index (κ2) is 6.44. The normalized spacial score (nSPS) is 21.2. The summed E-state index contributed by atoms with van der Waals surface area (Å²) < 4.78 is 24.3. The Bertz CT molecular complexity index is 616. The molecule has 1 aliphatic heterocycles. The fourth-order valence-corrected chi connectivity index (χ4v) is 3.00. The van der Waals surface area contributed by atoms with E-state index >= 15 is 0 Å². The molecule has 0 aromatic heterocycles. The van der Waals surface area contributed by atoms with Gasteiger partial charge in [0, 0.05) is 24.8 Å². The lowest BCUT2D eigenvalue weighted by atomic mass is 9.87. The second-order valence-electron chi connectivity index (χ2n) is 5.38. The minimum atomic E-state index is -3.22. The summed E-state index contributed by atoms with van der Waals surface area (Å²) in [5.74, 6) is -0.262. The van der Waals surface area contributed by atoms with Crippen LogP contribution in [-0.2, 0) is 14.8 Å². The molecule has 7 heteroatoms. The number of para-hydroxylation sites is 1. The first-order valence-corrected chi connectivity index (χ1v) is 8.84. The van der Waals surface area contributed by atoms with Gasteiger partial charge in [-0.05, 0) is 25.0 Å². The van der Waals surface area contributed by atoms with Crippen molar-refractivity contribution in [2.45, 2.75) is 25.3 Å². The molecule has 6 nitrogen and oxygen atoms in total. The molecule has 0 fully saturated rings. The van der Waals surface area contributed by atoms with Gasteiger partial charge in [-0.15, -0.1) is 0 Å². The summed E-state index contributed by atoms with van der Waals surface area (Å²) in [5.41, 5.74) is 1.98. The van der Waals surface area contributed by atoms with Gasteiger partial charge in [0.1, 0.15) is 0 Å². The Morgan fingerprint density at radius 1 is 1.33 bits per heavy atom. The molecule has 2 rings (SSSR count). The monoisotopic (exact) mass is 311 g/mol. The Morgan fingerprint density at radius 2 is 2.05 bits per heavy atom. The molecule has 1 heterocycles. The number of hydrogen-bond donors (Lipinski definition) is 3. The van der Waals surface area contributed by atoms with Crippen molar-refractivity contribution < 1.29 is 13.2 Å².